The summed E-state index contributed by atoms with van der Waals surface area (Å²) >= 11 is 5.86. The first kappa shape index (κ1) is 12.9. The number of aromatic nitrogens is 2. The van der Waals surface area contributed by atoms with Crippen molar-refractivity contribution in [2.24, 2.45) is 0 Å². The molecule has 1 rings (SSSR count). The Morgan fingerprint density at radius 3 is 2.69 bits per heavy atom. The van der Waals surface area contributed by atoms with E-state index >= 15 is 0 Å². The molecule has 1 unspecified atom stereocenters. The van der Waals surface area contributed by atoms with Crippen molar-refractivity contribution in [1.82, 2.24) is 9.97 Å². The minimum Gasteiger partial charge on any atom is -0.394 e. The van der Waals surface area contributed by atoms with E-state index in [1.54, 1.807) is 18.9 Å². The summed E-state index contributed by atoms with van der Waals surface area (Å²) in [5.41, 5.74) is 0.245. The van der Waals surface area contributed by atoms with E-state index in [-0.39, 0.29) is 23.4 Å². The molecule has 0 aliphatic carbocycles. The van der Waals surface area contributed by atoms with E-state index in [1.807, 2.05) is 6.92 Å². The number of likely N-dealkylation sites (N-methyl/N-ethyl adjacent to an activating group) is 1. The van der Waals surface area contributed by atoms with Crippen molar-refractivity contribution in [1.29, 1.82) is 0 Å². The molecular formula is C10H14ClN3O2. The second kappa shape index (κ2) is 5.23. The highest BCUT2D eigenvalue weighted by Gasteiger charge is 2.18. The Kier molecular flexibility index (Phi) is 4.20. The Bertz CT molecular complexity index is 398. The third kappa shape index (κ3) is 2.48. The number of rotatable bonds is 4. The number of carbonyl (C=O) groups is 1. The van der Waals surface area contributed by atoms with Crippen LogP contribution >= 0.6 is 11.6 Å². The summed E-state index contributed by atoms with van der Waals surface area (Å²) in [5, 5.41) is 9.20. The first-order chi connectivity index (χ1) is 7.51. The lowest BCUT2D eigenvalue weighted by atomic mass is 10.2. The number of anilines is 1. The number of aryl methyl sites for hydroxylation is 1. The summed E-state index contributed by atoms with van der Waals surface area (Å²) < 4.78 is 0. The Labute approximate surface area is 99.1 Å². The molecule has 0 saturated heterocycles. The first-order valence-electron chi connectivity index (χ1n) is 4.84. The Morgan fingerprint density at radius 1 is 1.56 bits per heavy atom. The first-order valence-corrected chi connectivity index (χ1v) is 5.22. The second-order valence-electron chi connectivity index (χ2n) is 3.56. The number of hydrogen-bond donors (Lipinski definition) is 1. The predicted octanol–water partition coefficient (Wildman–Crippen LogP) is 1.07. The third-order valence-corrected chi connectivity index (χ3v) is 2.66. The van der Waals surface area contributed by atoms with Gasteiger partial charge in [0.1, 0.15) is 16.8 Å². The molecule has 1 aromatic heterocycles. The number of hydrogen-bond acceptors (Lipinski definition) is 5. The summed E-state index contributed by atoms with van der Waals surface area (Å²) in [6, 6.07) is -0.149. The molecule has 1 atom stereocenters. The minimum absolute atomic E-state index is 0.0323. The quantitative estimate of drug-likeness (QED) is 0.633. The highest BCUT2D eigenvalue weighted by molar-refractivity contribution is 6.32. The van der Waals surface area contributed by atoms with E-state index in [1.165, 1.54) is 0 Å². The van der Waals surface area contributed by atoms with Gasteiger partial charge in [0, 0.05) is 7.05 Å². The molecule has 6 heteroatoms. The van der Waals surface area contributed by atoms with E-state index in [2.05, 4.69) is 9.97 Å². The number of aldehydes is 1. The highest BCUT2D eigenvalue weighted by Crippen LogP contribution is 2.23. The number of aliphatic hydroxyl groups excluding tert-OH is 1. The molecule has 1 heterocycles. The molecule has 88 valence electrons. The smallest absolute Gasteiger partial charge is 0.156 e. The fraction of sp³-hybridized carbons (Fsp3) is 0.500. The van der Waals surface area contributed by atoms with Gasteiger partial charge in [-0.05, 0) is 13.8 Å². The van der Waals surface area contributed by atoms with Gasteiger partial charge in [0.2, 0.25) is 0 Å². The summed E-state index contributed by atoms with van der Waals surface area (Å²) in [5.74, 6) is 0.927. The van der Waals surface area contributed by atoms with E-state index < -0.39 is 0 Å². The number of nitrogens with zero attached hydrogens (tertiary/aromatic N) is 3. The summed E-state index contributed by atoms with van der Waals surface area (Å²) in [6.07, 6.45) is 0.623. The zero-order chi connectivity index (χ0) is 12.3. The molecule has 0 aromatic carbocycles. The van der Waals surface area contributed by atoms with Crippen LogP contribution in [0.1, 0.15) is 23.1 Å². The van der Waals surface area contributed by atoms with Crippen molar-refractivity contribution >= 4 is 23.7 Å². The lowest BCUT2D eigenvalue weighted by Crippen LogP contribution is -2.33. The molecule has 0 aliphatic rings. The average molecular weight is 244 g/mol. The standard InChI is InChI=1S/C10H14ClN3O2/c1-6(4-15)14(3)10-8(5-16)9(11)12-7(2)13-10/h5-6,15H,4H2,1-3H3. The highest BCUT2D eigenvalue weighted by atomic mass is 35.5. The van der Waals surface area contributed by atoms with E-state index in [0.717, 1.165) is 0 Å². The number of carbonyl (C=O) groups excluding carboxylic acids is 1. The molecule has 0 amide bonds. The van der Waals surface area contributed by atoms with Crippen LogP contribution in [0.3, 0.4) is 0 Å². The lowest BCUT2D eigenvalue weighted by molar-refractivity contribution is 0.112. The van der Waals surface area contributed by atoms with Gasteiger partial charge in [-0.3, -0.25) is 4.79 Å². The molecule has 1 aromatic rings. The van der Waals surface area contributed by atoms with E-state index in [0.29, 0.717) is 17.9 Å². The van der Waals surface area contributed by atoms with Crippen LogP contribution in [0.4, 0.5) is 5.82 Å². The molecule has 16 heavy (non-hydrogen) atoms. The van der Waals surface area contributed by atoms with Crippen LogP contribution in [0.2, 0.25) is 5.15 Å². The van der Waals surface area contributed by atoms with Crippen LogP contribution in [-0.2, 0) is 0 Å². The Balaban J connectivity index is 3.25. The molecule has 0 spiro atoms. The van der Waals surface area contributed by atoms with Gasteiger partial charge < -0.3 is 10.0 Å². The molecule has 5 nitrogen and oxygen atoms in total. The normalized spacial score (nSPS) is 12.3. The monoisotopic (exact) mass is 243 g/mol. The molecule has 0 fully saturated rings. The van der Waals surface area contributed by atoms with Crippen LogP contribution < -0.4 is 4.90 Å². The van der Waals surface area contributed by atoms with Crippen molar-refractivity contribution in [3.8, 4) is 0 Å². The topological polar surface area (TPSA) is 66.3 Å². The van der Waals surface area contributed by atoms with Crippen molar-refractivity contribution in [3.05, 3.63) is 16.5 Å². The van der Waals surface area contributed by atoms with Gasteiger partial charge in [0.25, 0.3) is 0 Å². The van der Waals surface area contributed by atoms with Crippen molar-refractivity contribution < 1.29 is 9.90 Å². The average Bonchev–Trinajstić information content (AvgIpc) is 2.26. The van der Waals surface area contributed by atoms with Crippen LogP contribution in [-0.4, -0.2) is 41.1 Å². The Morgan fingerprint density at radius 2 is 2.19 bits per heavy atom. The summed E-state index contributed by atoms with van der Waals surface area (Å²) in [6.45, 7) is 3.48. The van der Waals surface area contributed by atoms with Crippen molar-refractivity contribution in [3.63, 3.8) is 0 Å². The fourth-order valence-electron chi connectivity index (χ4n) is 1.23. The van der Waals surface area contributed by atoms with Crippen LogP contribution in [0.25, 0.3) is 0 Å². The largest absolute Gasteiger partial charge is 0.394 e. The molecular weight excluding hydrogens is 230 g/mol. The van der Waals surface area contributed by atoms with E-state index in [9.17, 15) is 4.79 Å². The molecule has 0 aliphatic heterocycles. The predicted molar refractivity (Wildman–Crippen MR) is 62.1 cm³/mol. The van der Waals surface area contributed by atoms with Gasteiger partial charge in [0.15, 0.2) is 6.29 Å². The van der Waals surface area contributed by atoms with Crippen molar-refractivity contribution in [2.75, 3.05) is 18.6 Å². The zero-order valence-corrected chi connectivity index (χ0v) is 10.2. The molecule has 0 bridgehead atoms. The maximum Gasteiger partial charge on any atom is 0.156 e. The zero-order valence-electron chi connectivity index (χ0n) is 9.44. The second-order valence-corrected chi connectivity index (χ2v) is 3.92. The third-order valence-electron chi connectivity index (χ3n) is 2.37. The van der Waals surface area contributed by atoms with Gasteiger partial charge in [-0.25, -0.2) is 9.97 Å². The van der Waals surface area contributed by atoms with Crippen LogP contribution in [0, 0.1) is 6.92 Å². The van der Waals surface area contributed by atoms with Crippen LogP contribution in [0.5, 0.6) is 0 Å². The number of halogens is 1. The summed E-state index contributed by atoms with van der Waals surface area (Å²) in [4.78, 5) is 20.7. The molecule has 0 radical (unpaired) electrons. The van der Waals surface area contributed by atoms with Crippen LogP contribution in [0.15, 0.2) is 0 Å². The van der Waals surface area contributed by atoms with Gasteiger partial charge in [0.05, 0.1) is 18.2 Å². The van der Waals surface area contributed by atoms with Crippen molar-refractivity contribution in [2.45, 2.75) is 19.9 Å². The SMILES string of the molecule is Cc1nc(Cl)c(C=O)c(N(C)C(C)CO)n1. The van der Waals surface area contributed by atoms with Gasteiger partial charge >= 0.3 is 0 Å². The summed E-state index contributed by atoms with van der Waals surface area (Å²) in [7, 11) is 1.74. The lowest BCUT2D eigenvalue weighted by Gasteiger charge is -2.25. The maximum absolute atomic E-state index is 10.9. The maximum atomic E-state index is 10.9. The molecule has 0 saturated carbocycles. The number of aliphatic hydroxyl groups is 1. The van der Waals surface area contributed by atoms with Gasteiger partial charge in [-0.15, -0.1) is 0 Å². The van der Waals surface area contributed by atoms with Gasteiger partial charge in [-0.1, -0.05) is 11.6 Å². The fourth-order valence-corrected chi connectivity index (χ4v) is 1.49. The van der Waals surface area contributed by atoms with Gasteiger partial charge in [-0.2, -0.15) is 0 Å². The Hall–Kier alpha value is -1.20. The van der Waals surface area contributed by atoms with E-state index in [4.69, 9.17) is 16.7 Å². The molecule has 1 N–H and O–H groups in total. The minimum atomic E-state index is -0.149.